The number of carbonyl (C=O) groups excluding carboxylic acids is 1. The van der Waals surface area contributed by atoms with Crippen LogP contribution in [0.15, 0.2) is 29.2 Å². The predicted octanol–water partition coefficient (Wildman–Crippen LogP) is 3.17. The van der Waals surface area contributed by atoms with Crippen molar-refractivity contribution >= 4 is 17.7 Å². The van der Waals surface area contributed by atoms with Crippen molar-refractivity contribution < 1.29 is 9.53 Å². The quantitative estimate of drug-likeness (QED) is 0.777. The minimum atomic E-state index is -0.0860. The van der Waals surface area contributed by atoms with Gasteiger partial charge in [0.1, 0.15) is 5.75 Å². The number of ether oxygens (including phenoxy) is 1. The highest BCUT2D eigenvalue weighted by Gasteiger charge is 2.22. The molecule has 1 atom stereocenters. The van der Waals surface area contributed by atoms with Crippen molar-refractivity contribution in [3.8, 4) is 5.75 Å². The molecule has 1 aliphatic rings. The topological polar surface area (TPSA) is 41.6 Å². The van der Waals surface area contributed by atoms with E-state index in [1.54, 1.807) is 18.9 Å². The molecule has 128 valence electrons. The lowest BCUT2D eigenvalue weighted by molar-refractivity contribution is -0.121. The first-order chi connectivity index (χ1) is 11.1. The second-order valence-electron chi connectivity index (χ2n) is 6.06. The molecule has 2 rings (SSSR count). The highest BCUT2D eigenvalue weighted by atomic mass is 32.2. The largest absolute Gasteiger partial charge is 0.497 e. The molecule has 1 aromatic carbocycles. The van der Waals surface area contributed by atoms with Crippen molar-refractivity contribution in [2.24, 2.45) is 0 Å². The van der Waals surface area contributed by atoms with Crippen molar-refractivity contribution in [3.05, 3.63) is 24.3 Å². The summed E-state index contributed by atoms with van der Waals surface area (Å²) in [6, 6.07) is 8.18. The Morgan fingerprint density at radius 3 is 2.57 bits per heavy atom. The van der Waals surface area contributed by atoms with E-state index in [1.807, 2.05) is 31.2 Å². The van der Waals surface area contributed by atoms with Gasteiger partial charge in [0.15, 0.2) is 0 Å². The van der Waals surface area contributed by atoms with Crippen LogP contribution in [0.3, 0.4) is 0 Å². The van der Waals surface area contributed by atoms with Crippen LogP contribution in [0.5, 0.6) is 5.75 Å². The van der Waals surface area contributed by atoms with E-state index >= 15 is 0 Å². The number of methoxy groups -OCH3 is 1. The van der Waals surface area contributed by atoms with Crippen LogP contribution in [0.1, 0.15) is 33.1 Å². The molecule has 0 bridgehead atoms. The molecule has 1 saturated heterocycles. The number of piperidine rings is 1. The third kappa shape index (κ3) is 5.74. The monoisotopic (exact) mass is 336 g/mol. The van der Waals surface area contributed by atoms with E-state index < -0.39 is 0 Å². The number of rotatable bonds is 7. The molecule has 0 unspecified atom stereocenters. The molecule has 4 nitrogen and oxygen atoms in total. The number of carbonyl (C=O) groups is 1. The Hall–Kier alpha value is -1.20. The number of hydrogen-bond donors (Lipinski definition) is 1. The Morgan fingerprint density at radius 2 is 2.00 bits per heavy atom. The predicted molar refractivity (Wildman–Crippen MR) is 96.2 cm³/mol. The summed E-state index contributed by atoms with van der Waals surface area (Å²) in [5, 5.41) is 3.13. The first-order valence-electron chi connectivity index (χ1n) is 8.45. The van der Waals surface area contributed by atoms with E-state index in [4.69, 9.17) is 4.74 Å². The van der Waals surface area contributed by atoms with Crippen LogP contribution in [0.25, 0.3) is 0 Å². The lowest BCUT2D eigenvalue weighted by Crippen LogP contribution is -2.46. The van der Waals surface area contributed by atoms with Crippen LogP contribution < -0.4 is 10.1 Å². The second kappa shape index (κ2) is 9.18. The maximum absolute atomic E-state index is 12.4. The summed E-state index contributed by atoms with van der Waals surface area (Å²) in [6.07, 6.45) is 3.32. The van der Waals surface area contributed by atoms with Crippen LogP contribution in [-0.2, 0) is 4.79 Å². The van der Waals surface area contributed by atoms with Gasteiger partial charge in [-0.2, -0.15) is 0 Å². The Kier molecular flexibility index (Phi) is 7.24. The van der Waals surface area contributed by atoms with Gasteiger partial charge >= 0.3 is 0 Å². The molecule has 0 saturated carbocycles. The second-order valence-corrected chi connectivity index (χ2v) is 7.47. The maximum Gasteiger partial charge on any atom is 0.233 e. The average Bonchev–Trinajstić information content (AvgIpc) is 2.57. The number of nitrogens with zero attached hydrogens (tertiary/aromatic N) is 1. The van der Waals surface area contributed by atoms with Crippen molar-refractivity contribution in [3.63, 3.8) is 0 Å². The number of amides is 1. The lowest BCUT2D eigenvalue weighted by atomic mass is 10.0. The molecule has 1 aliphatic heterocycles. The summed E-state index contributed by atoms with van der Waals surface area (Å²) in [4.78, 5) is 15.9. The fourth-order valence-corrected chi connectivity index (χ4v) is 3.72. The Labute approximate surface area is 144 Å². The molecule has 0 aliphatic carbocycles. The molecular weight excluding hydrogens is 308 g/mol. The van der Waals surface area contributed by atoms with E-state index in [0.717, 1.165) is 36.6 Å². The summed E-state index contributed by atoms with van der Waals surface area (Å²) in [5.74, 6) is 0.977. The van der Waals surface area contributed by atoms with Gasteiger partial charge < -0.3 is 15.0 Å². The Bertz CT molecular complexity index is 484. The molecule has 1 aromatic rings. The molecule has 23 heavy (non-hydrogen) atoms. The van der Waals surface area contributed by atoms with Crippen LogP contribution in [0.4, 0.5) is 0 Å². The van der Waals surface area contributed by atoms with E-state index in [9.17, 15) is 4.79 Å². The van der Waals surface area contributed by atoms with Gasteiger partial charge in [0.25, 0.3) is 0 Å². The fourth-order valence-electron chi connectivity index (χ4n) is 2.85. The zero-order valence-corrected chi connectivity index (χ0v) is 15.2. The third-order valence-electron chi connectivity index (χ3n) is 4.22. The summed E-state index contributed by atoms with van der Waals surface area (Å²) in [7, 11) is 1.66. The van der Waals surface area contributed by atoms with Crippen molar-refractivity contribution in [2.75, 3.05) is 26.7 Å². The van der Waals surface area contributed by atoms with Gasteiger partial charge in [-0.15, -0.1) is 11.8 Å². The van der Waals surface area contributed by atoms with Crippen LogP contribution in [0, 0.1) is 0 Å². The Balaban J connectivity index is 1.76. The standard InChI is InChI=1S/C18H28N2O2S/c1-4-11-20-12-9-15(10-13-20)19-18(21)14(2)23-17-7-5-16(22-3)6-8-17/h5-8,14-15H,4,9-13H2,1-3H3,(H,19,21)/t14-/m0/s1. The number of likely N-dealkylation sites (tertiary alicyclic amines) is 1. The zero-order valence-electron chi connectivity index (χ0n) is 14.4. The molecule has 1 fully saturated rings. The third-order valence-corrected chi connectivity index (χ3v) is 5.33. The van der Waals surface area contributed by atoms with Crippen LogP contribution in [0.2, 0.25) is 0 Å². The molecule has 0 spiro atoms. The lowest BCUT2D eigenvalue weighted by Gasteiger charge is -2.32. The SMILES string of the molecule is CCCN1CCC(NC(=O)[C@H](C)Sc2ccc(OC)cc2)CC1. The number of hydrogen-bond acceptors (Lipinski definition) is 4. The normalized spacial score (nSPS) is 17.7. The first kappa shape index (κ1) is 18.1. The smallest absolute Gasteiger partial charge is 0.233 e. The van der Waals surface area contributed by atoms with Crippen LogP contribution >= 0.6 is 11.8 Å². The number of nitrogens with one attached hydrogen (secondary N) is 1. The summed E-state index contributed by atoms with van der Waals surface area (Å²) >= 11 is 1.59. The van der Waals surface area contributed by atoms with Gasteiger partial charge in [0, 0.05) is 24.0 Å². The van der Waals surface area contributed by atoms with E-state index in [2.05, 4.69) is 17.1 Å². The molecule has 1 N–H and O–H groups in total. The fraction of sp³-hybridized carbons (Fsp3) is 0.611. The van der Waals surface area contributed by atoms with E-state index in [-0.39, 0.29) is 11.2 Å². The highest BCUT2D eigenvalue weighted by molar-refractivity contribution is 8.00. The van der Waals surface area contributed by atoms with Crippen molar-refractivity contribution in [2.45, 2.75) is 49.3 Å². The zero-order chi connectivity index (χ0) is 16.7. The maximum atomic E-state index is 12.4. The van der Waals surface area contributed by atoms with Gasteiger partial charge in [-0.1, -0.05) is 6.92 Å². The van der Waals surface area contributed by atoms with Gasteiger partial charge in [0.05, 0.1) is 12.4 Å². The minimum absolute atomic E-state index is 0.0860. The molecular formula is C18H28N2O2S. The molecule has 0 radical (unpaired) electrons. The number of benzene rings is 1. The number of thioether (sulfide) groups is 1. The summed E-state index contributed by atoms with van der Waals surface area (Å²) in [6.45, 7) is 7.55. The van der Waals surface area contributed by atoms with Crippen molar-refractivity contribution in [1.82, 2.24) is 10.2 Å². The van der Waals surface area contributed by atoms with Gasteiger partial charge in [-0.25, -0.2) is 0 Å². The molecule has 5 heteroatoms. The van der Waals surface area contributed by atoms with Gasteiger partial charge in [0.2, 0.25) is 5.91 Å². The minimum Gasteiger partial charge on any atom is -0.497 e. The van der Waals surface area contributed by atoms with Gasteiger partial charge in [-0.05, 0) is 57.0 Å². The molecule has 0 aromatic heterocycles. The van der Waals surface area contributed by atoms with Crippen LogP contribution in [-0.4, -0.2) is 48.8 Å². The van der Waals surface area contributed by atoms with Crippen molar-refractivity contribution in [1.29, 1.82) is 0 Å². The summed E-state index contributed by atoms with van der Waals surface area (Å²) < 4.78 is 5.16. The van der Waals surface area contributed by atoms with Gasteiger partial charge in [-0.3, -0.25) is 4.79 Å². The highest BCUT2D eigenvalue weighted by Crippen LogP contribution is 2.25. The molecule has 1 amide bonds. The summed E-state index contributed by atoms with van der Waals surface area (Å²) in [5.41, 5.74) is 0. The Morgan fingerprint density at radius 1 is 1.35 bits per heavy atom. The molecule has 1 heterocycles. The average molecular weight is 337 g/mol. The van der Waals surface area contributed by atoms with E-state index in [1.165, 1.54) is 13.0 Å². The first-order valence-corrected chi connectivity index (χ1v) is 9.33. The van der Waals surface area contributed by atoms with E-state index in [0.29, 0.717) is 6.04 Å².